The molecule has 0 saturated carbocycles. The summed E-state index contributed by atoms with van der Waals surface area (Å²) in [5.41, 5.74) is 1.50. The summed E-state index contributed by atoms with van der Waals surface area (Å²) in [7, 11) is 0. The maximum atomic E-state index is 14.1. The topological polar surface area (TPSA) is 53.4 Å². The van der Waals surface area contributed by atoms with E-state index >= 15 is 0 Å². The highest BCUT2D eigenvalue weighted by Gasteiger charge is 2.48. The summed E-state index contributed by atoms with van der Waals surface area (Å²) < 4.78 is 28.1. The van der Waals surface area contributed by atoms with Crippen molar-refractivity contribution in [2.24, 2.45) is 0 Å². The van der Waals surface area contributed by atoms with Gasteiger partial charge in [-0.1, -0.05) is 0 Å². The summed E-state index contributed by atoms with van der Waals surface area (Å²) in [4.78, 5) is 17.6. The molecule has 2 atom stereocenters. The van der Waals surface area contributed by atoms with Gasteiger partial charge in [-0.15, -0.1) is 0 Å². The van der Waals surface area contributed by atoms with Crippen LogP contribution in [0, 0.1) is 12.2 Å². The van der Waals surface area contributed by atoms with Crippen molar-refractivity contribution in [2.45, 2.75) is 58.2 Å². The number of halogens is 1. The Balaban J connectivity index is 1.47. The number of fused-ring (bicyclic) bond motifs is 2. The Labute approximate surface area is 205 Å². The van der Waals surface area contributed by atoms with E-state index in [1.807, 2.05) is 6.07 Å². The minimum Gasteiger partial charge on any atom is -0.486 e. The molecule has 1 fully saturated rings. The van der Waals surface area contributed by atoms with Crippen LogP contribution in [0.3, 0.4) is 0 Å². The predicted octanol–water partition coefficient (Wildman–Crippen LogP) is 4.53. The SMILES string of the molecule is CC(C)(C)[N+]1(CCn2c(=O)ccc3ccc(F)cc32)CC[CH]CC1Cc1cc2c(cn1)OCCO2. The third-order valence-electron chi connectivity index (χ3n) is 7.81. The first-order valence-electron chi connectivity index (χ1n) is 12.5. The number of ether oxygens (including phenoxy) is 2. The van der Waals surface area contributed by atoms with Crippen LogP contribution in [0.15, 0.2) is 47.4 Å². The normalized spacial score (nSPS) is 22.3. The van der Waals surface area contributed by atoms with E-state index < -0.39 is 0 Å². The second kappa shape index (κ2) is 9.26. The van der Waals surface area contributed by atoms with Crippen LogP contribution in [0.4, 0.5) is 4.39 Å². The molecule has 2 aromatic heterocycles. The van der Waals surface area contributed by atoms with Gasteiger partial charge in [-0.2, -0.15) is 0 Å². The largest absolute Gasteiger partial charge is 0.486 e. The molecule has 2 unspecified atom stereocenters. The van der Waals surface area contributed by atoms with E-state index in [0.717, 1.165) is 53.7 Å². The average Bonchev–Trinajstić information content (AvgIpc) is 2.83. The van der Waals surface area contributed by atoms with Gasteiger partial charge in [0.1, 0.15) is 19.0 Å². The van der Waals surface area contributed by atoms with E-state index in [-0.39, 0.29) is 16.9 Å². The standard InChI is InChI=1S/C28H34FN3O3/c1-28(2,3)32(13-11-31-24-16-21(29)9-7-20(24)8-10-27(31)33)12-5-4-6-23(32)17-22-18-25-26(19-30-22)35-15-14-34-25/h4,7-10,16,18-19,23H,5-6,11-15,17H2,1-3H3/q+1. The molecule has 35 heavy (non-hydrogen) atoms. The summed E-state index contributed by atoms with van der Waals surface area (Å²) in [5, 5.41) is 0.873. The highest BCUT2D eigenvalue weighted by atomic mass is 19.1. The van der Waals surface area contributed by atoms with Gasteiger partial charge < -0.3 is 18.5 Å². The monoisotopic (exact) mass is 479 g/mol. The molecule has 0 amide bonds. The second-order valence-corrected chi connectivity index (χ2v) is 10.7. The molecule has 7 heteroatoms. The highest BCUT2D eigenvalue weighted by molar-refractivity contribution is 5.78. The van der Waals surface area contributed by atoms with Crippen LogP contribution in [0.5, 0.6) is 11.5 Å². The van der Waals surface area contributed by atoms with Crippen molar-refractivity contribution >= 4 is 10.9 Å². The van der Waals surface area contributed by atoms with Gasteiger partial charge in [-0.3, -0.25) is 9.78 Å². The fourth-order valence-electron chi connectivity index (χ4n) is 5.90. The molecule has 6 nitrogen and oxygen atoms in total. The maximum Gasteiger partial charge on any atom is 0.251 e. The molecule has 2 aliphatic rings. The van der Waals surface area contributed by atoms with Crippen LogP contribution in [0.1, 0.15) is 39.3 Å². The first-order valence-corrected chi connectivity index (χ1v) is 12.5. The van der Waals surface area contributed by atoms with Gasteiger partial charge in [0.25, 0.3) is 5.56 Å². The number of rotatable bonds is 5. The van der Waals surface area contributed by atoms with Gasteiger partial charge in [-0.25, -0.2) is 4.39 Å². The lowest BCUT2D eigenvalue weighted by molar-refractivity contribution is -0.995. The van der Waals surface area contributed by atoms with Crippen molar-refractivity contribution in [3.63, 3.8) is 0 Å². The van der Waals surface area contributed by atoms with Crippen LogP contribution in [-0.2, 0) is 13.0 Å². The lowest BCUT2D eigenvalue weighted by Crippen LogP contribution is -2.69. The zero-order chi connectivity index (χ0) is 24.6. The Morgan fingerprint density at radius 2 is 1.89 bits per heavy atom. The van der Waals surface area contributed by atoms with Crippen LogP contribution in [0.25, 0.3) is 10.9 Å². The Morgan fingerprint density at radius 3 is 2.69 bits per heavy atom. The van der Waals surface area contributed by atoms with Crippen molar-refractivity contribution < 1.29 is 18.3 Å². The van der Waals surface area contributed by atoms with Crippen LogP contribution in [-0.4, -0.2) is 51.9 Å². The Hall–Kier alpha value is -2.93. The van der Waals surface area contributed by atoms with Crippen LogP contribution < -0.4 is 15.0 Å². The van der Waals surface area contributed by atoms with E-state index in [0.29, 0.717) is 37.1 Å². The van der Waals surface area contributed by atoms with Crippen molar-refractivity contribution in [1.29, 1.82) is 0 Å². The third-order valence-corrected chi connectivity index (χ3v) is 7.81. The number of quaternary nitrogens is 1. The number of piperidine rings is 1. The molecule has 0 N–H and O–H groups in total. The molecular weight excluding hydrogens is 445 g/mol. The van der Waals surface area contributed by atoms with Gasteiger partial charge in [0.05, 0.1) is 48.6 Å². The molecule has 4 heterocycles. The molecule has 2 aliphatic heterocycles. The second-order valence-electron chi connectivity index (χ2n) is 10.7. The summed E-state index contributed by atoms with van der Waals surface area (Å²) in [6.07, 6.45) is 6.97. The van der Waals surface area contributed by atoms with Gasteiger partial charge in [-0.05, 0) is 63.3 Å². The molecule has 185 valence electrons. The zero-order valence-corrected chi connectivity index (χ0v) is 20.8. The number of hydrogen-bond acceptors (Lipinski definition) is 4. The summed E-state index contributed by atoms with van der Waals surface area (Å²) in [5.74, 6) is 1.14. The quantitative estimate of drug-likeness (QED) is 0.505. The Bertz CT molecular complexity index is 1280. The summed E-state index contributed by atoms with van der Waals surface area (Å²) in [6, 6.07) is 10.3. The summed E-state index contributed by atoms with van der Waals surface area (Å²) >= 11 is 0. The van der Waals surface area contributed by atoms with Gasteiger partial charge in [0.15, 0.2) is 11.5 Å². The molecule has 1 aromatic carbocycles. The molecule has 3 aromatic rings. The molecular formula is C28H34FN3O3+. The van der Waals surface area contributed by atoms with Crippen molar-refractivity contribution in [3.05, 3.63) is 70.9 Å². The number of aromatic nitrogens is 2. The van der Waals surface area contributed by atoms with Crippen molar-refractivity contribution in [3.8, 4) is 11.5 Å². The first-order chi connectivity index (χ1) is 16.8. The minimum absolute atomic E-state index is 0.0494. The molecule has 5 rings (SSSR count). The molecule has 1 saturated heterocycles. The third kappa shape index (κ3) is 4.54. The van der Waals surface area contributed by atoms with E-state index in [4.69, 9.17) is 14.5 Å². The first kappa shape index (κ1) is 23.8. The van der Waals surface area contributed by atoms with E-state index in [2.05, 4.69) is 27.2 Å². The highest BCUT2D eigenvalue weighted by Crippen LogP contribution is 2.38. The number of pyridine rings is 2. The number of benzene rings is 1. The van der Waals surface area contributed by atoms with Gasteiger partial charge >= 0.3 is 0 Å². The minimum atomic E-state index is -0.327. The predicted molar refractivity (Wildman–Crippen MR) is 134 cm³/mol. The molecule has 0 aliphatic carbocycles. The number of nitrogens with zero attached hydrogens (tertiary/aromatic N) is 3. The van der Waals surface area contributed by atoms with Crippen molar-refractivity contribution in [1.82, 2.24) is 9.55 Å². The maximum absolute atomic E-state index is 14.1. The van der Waals surface area contributed by atoms with E-state index in [9.17, 15) is 9.18 Å². The zero-order valence-electron chi connectivity index (χ0n) is 20.8. The van der Waals surface area contributed by atoms with E-state index in [1.54, 1.807) is 29.0 Å². The average molecular weight is 480 g/mol. The Morgan fingerprint density at radius 1 is 1.11 bits per heavy atom. The lowest BCUT2D eigenvalue weighted by atomic mass is 9.86. The lowest BCUT2D eigenvalue weighted by Gasteiger charge is -2.56. The Kier molecular flexibility index (Phi) is 6.30. The van der Waals surface area contributed by atoms with Crippen molar-refractivity contribution in [2.75, 3.05) is 26.3 Å². The fraction of sp³-hybridized carbons (Fsp3) is 0.464. The van der Waals surface area contributed by atoms with E-state index in [1.165, 1.54) is 12.1 Å². The number of hydrogen-bond donors (Lipinski definition) is 0. The van der Waals surface area contributed by atoms with Gasteiger partial charge in [0, 0.05) is 25.0 Å². The fourth-order valence-corrected chi connectivity index (χ4v) is 5.90. The summed E-state index contributed by atoms with van der Waals surface area (Å²) in [6.45, 7) is 10.3. The van der Waals surface area contributed by atoms with Crippen LogP contribution >= 0.6 is 0 Å². The molecule has 1 radical (unpaired) electrons. The van der Waals surface area contributed by atoms with Crippen LogP contribution in [0.2, 0.25) is 0 Å². The molecule has 0 bridgehead atoms. The smallest absolute Gasteiger partial charge is 0.251 e. The molecule has 0 spiro atoms. The van der Waals surface area contributed by atoms with Gasteiger partial charge in [0.2, 0.25) is 0 Å². The number of likely N-dealkylation sites (tertiary alicyclic amines) is 1.